The summed E-state index contributed by atoms with van der Waals surface area (Å²) < 4.78 is 15.8. The summed E-state index contributed by atoms with van der Waals surface area (Å²) in [6.07, 6.45) is -5.01. The summed E-state index contributed by atoms with van der Waals surface area (Å²) in [5.74, 6) is -0.541. The van der Waals surface area contributed by atoms with E-state index in [1.54, 1.807) is 30.3 Å². The Bertz CT molecular complexity index is 468. The average molecular weight is 361 g/mol. The van der Waals surface area contributed by atoms with Crippen molar-refractivity contribution in [2.75, 3.05) is 12.4 Å². The van der Waals surface area contributed by atoms with E-state index in [0.717, 1.165) is 0 Å². The SMILES string of the molecule is COC1C(O)C(O)OC(CBr)C1OC(=O)c1ccccc1. The van der Waals surface area contributed by atoms with Crippen molar-refractivity contribution < 1.29 is 29.2 Å². The molecule has 0 saturated carbocycles. The van der Waals surface area contributed by atoms with Gasteiger partial charge in [0.1, 0.15) is 18.3 Å². The molecule has 7 heteroatoms. The summed E-state index contributed by atoms with van der Waals surface area (Å²) in [6, 6.07) is 8.50. The van der Waals surface area contributed by atoms with Crippen molar-refractivity contribution in [3.63, 3.8) is 0 Å². The predicted octanol–water partition coefficient (Wildman–Crippen LogP) is 0.700. The van der Waals surface area contributed by atoms with E-state index in [-0.39, 0.29) is 0 Å². The Kier molecular flexibility index (Phi) is 5.72. The van der Waals surface area contributed by atoms with Gasteiger partial charge in [-0.15, -0.1) is 0 Å². The quantitative estimate of drug-likeness (QED) is 0.607. The lowest BCUT2D eigenvalue weighted by atomic mass is 9.99. The van der Waals surface area contributed by atoms with Gasteiger partial charge in [-0.2, -0.15) is 0 Å². The van der Waals surface area contributed by atoms with Crippen LogP contribution < -0.4 is 0 Å². The molecule has 0 aromatic heterocycles. The van der Waals surface area contributed by atoms with Gasteiger partial charge in [-0.25, -0.2) is 4.79 Å². The molecule has 0 amide bonds. The van der Waals surface area contributed by atoms with Crippen LogP contribution in [0, 0.1) is 0 Å². The molecular formula is C14H17BrO6. The molecule has 2 rings (SSSR count). The van der Waals surface area contributed by atoms with Crippen molar-refractivity contribution in [2.45, 2.75) is 30.7 Å². The highest BCUT2D eigenvalue weighted by molar-refractivity contribution is 9.09. The van der Waals surface area contributed by atoms with E-state index in [4.69, 9.17) is 14.2 Å². The largest absolute Gasteiger partial charge is 0.453 e. The molecule has 2 N–H and O–H groups in total. The molecule has 1 aromatic carbocycles. The molecule has 116 valence electrons. The van der Waals surface area contributed by atoms with E-state index in [2.05, 4.69) is 15.9 Å². The maximum absolute atomic E-state index is 12.1. The molecule has 1 fully saturated rings. The fourth-order valence-electron chi connectivity index (χ4n) is 2.21. The molecule has 1 aromatic rings. The fraction of sp³-hybridized carbons (Fsp3) is 0.500. The summed E-state index contributed by atoms with van der Waals surface area (Å²) >= 11 is 3.24. The third kappa shape index (κ3) is 3.61. The molecule has 1 heterocycles. The lowest BCUT2D eigenvalue weighted by Crippen LogP contribution is -2.60. The molecule has 5 unspecified atom stereocenters. The molecule has 21 heavy (non-hydrogen) atoms. The molecule has 0 radical (unpaired) electrons. The number of esters is 1. The maximum Gasteiger partial charge on any atom is 0.338 e. The molecule has 6 nitrogen and oxygen atoms in total. The van der Waals surface area contributed by atoms with Crippen molar-refractivity contribution in [2.24, 2.45) is 0 Å². The van der Waals surface area contributed by atoms with E-state index in [0.29, 0.717) is 10.9 Å². The Morgan fingerprint density at radius 3 is 2.52 bits per heavy atom. The van der Waals surface area contributed by atoms with Crippen LogP contribution in [0.4, 0.5) is 0 Å². The van der Waals surface area contributed by atoms with E-state index in [1.807, 2.05) is 0 Å². The van der Waals surface area contributed by atoms with Crippen molar-refractivity contribution in [3.05, 3.63) is 35.9 Å². The van der Waals surface area contributed by atoms with Crippen LogP contribution in [0.1, 0.15) is 10.4 Å². The van der Waals surface area contributed by atoms with Gasteiger partial charge in [-0.3, -0.25) is 0 Å². The molecule has 0 aliphatic carbocycles. The highest BCUT2D eigenvalue weighted by atomic mass is 79.9. The first kappa shape index (κ1) is 16.4. The van der Waals surface area contributed by atoms with Gasteiger partial charge in [0.05, 0.1) is 5.56 Å². The molecular weight excluding hydrogens is 344 g/mol. The Hall–Kier alpha value is -0.990. The number of benzene rings is 1. The van der Waals surface area contributed by atoms with Crippen LogP contribution in [0.25, 0.3) is 0 Å². The number of alkyl halides is 1. The summed E-state index contributed by atoms with van der Waals surface area (Å²) in [4.78, 5) is 12.1. The standard InChI is InChI=1S/C14H17BrO6/c1-19-12-10(16)14(18)20-9(7-15)11(12)21-13(17)8-5-3-2-4-6-8/h2-6,9-12,14,16,18H,7H2,1H3. The Morgan fingerprint density at radius 2 is 1.95 bits per heavy atom. The smallest absolute Gasteiger partial charge is 0.338 e. The number of carbonyl (C=O) groups excluding carboxylic acids is 1. The zero-order chi connectivity index (χ0) is 15.4. The van der Waals surface area contributed by atoms with Gasteiger partial charge in [0.2, 0.25) is 0 Å². The van der Waals surface area contributed by atoms with Crippen LogP contribution in [0.3, 0.4) is 0 Å². The van der Waals surface area contributed by atoms with E-state index < -0.39 is 36.7 Å². The fourth-order valence-corrected chi connectivity index (χ4v) is 2.73. The second-order valence-electron chi connectivity index (χ2n) is 4.65. The van der Waals surface area contributed by atoms with Crippen LogP contribution >= 0.6 is 15.9 Å². The lowest BCUT2D eigenvalue weighted by Gasteiger charge is -2.41. The lowest BCUT2D eigenvalue weighted by molar-refractivity contribution is -0.280. The molecule has 1 aliphatic heterocycles. The number of aliphatic hydroxyl groups excluding tert-OH is 2. The van der Waals surface area contributed by atoms with Crippen molar-refractivity contribution >= 4 is 21.9 Å². The Labute approximate surface area is 130 Å². The number of ether oxygens (including phenoxy) is 3. The van der Waals surface area contributed by atoms with Gasteiger partial charge < -0.3 is 24.4 Å². The number of aliphatic hydroxyl groups is 2. The van der Waals surface area contributed by atoms with E-state index in [1.165, 1.54) is 7.11 Å². The van der Waals surface area contributed by atoms with Crippen LogP contribution in [-0.4, -0.2) is 59.3 Å². The summed E-state index contributed by atoms with van der Waals surface area (Å²) in [5.41, 5.74) is 0.390. The van der Waals surface area contributed by atoms with Crippen LogP contribution in [0.15, 0.2) is 30.3 Å². The van der Waals surface area contributed by atoms with Crippen molar-refractivity contribution in [1.29, 1.82) is 0 Å². The summed E-state index contributed by atoms with van der Waals surface area (Å²) in [7, 11) is 1.38. The van der Waals surface area contributed by atoms with Crippen LogP contribution in [0.2, 0.25) is 0 Å². The second kappa shape index (κ2) is 7.33. The Balaban J connectivity index is 2.16. The first-order valence-corrected chi connectivity index (χ1v) is 7.57. The number of rotatable bonds is 4. The third-order valence-corrected chi connectivity index (χ3v) is 3.95. The molecule has 0 bridgehead atoms. The van der Waals surface area contributed by atoms with Gasteiger partial charge in [0.25, 0.3) is 0 Å². The van der Waals surface area contributed by atoms with E-state index in [9.17, 15) is 15.0 Å². The van der Waals surface area contributed by atoms with Crippen LogP contribution in [-0.2, 0) is 14.2 Å². The number of carbonyl (C=O) groups is 1. The topological polar surface area (TPSA) is 85.2 Å². The van der Waals surface area contributed by atoms with Crippen molar-refractivity contribution in [3.8, 4) is 0 Å². The normalized spacial score (nSPS) is 32.7. The van der Waals surface area contributed by atoms with Gasteiger partial charge in [-0.1, -0.05) is 34.1 Å². The summed E-state index contributed by atoms with van der Waals surface area (Å²) in [5, 5.41) is 19.9. The molecule has 5 atom stereocenters. The zero-order valence-corrected chi connectivity index (χ0v) is 13.0. The Morgan fingerprint density at radius 1 is 1.29 bits per heavy atom. The number of methoxy groups -OCH3 is 1. The average Bonchev–Trinajstić information content (AvgIpc) is 2.51. The summed E-state index contributed by atoms with van der Waals surface area (Å²) in [6.45, 7) is 0. The maximum atomic E-state index is 12.1. The highest BCUT2D eigenvalue weighted by Crippen LogP contribution is 2.26. The predicted molar refractivity (Wildman–Crippen MR) is 77.1 cm³/mol. The number of hydrogen-bond donors (Lipinski definition) is 2. The minimum absolute atomic E-state index is 0.323. The minimum Gasteiger partial charge on any atom is -0.453 e. The van der Waals surface area contributed by atoms with E-state index >= 15 is 0 Å². The minimum atomic E-state index is -1.39. The van der Waals surface area contributed by atoms with Crippen molar-refractivity contribution in [1.82, 2.24) is 0 Å². The molecule has 1 saturated heterocycles. The van der Waals surface area contributed by atoms with Gasteiger partial charge in [-0.05, 0) is 12.1 Å². The molecule has 1 aliphatic rings. The number of hydrogen-bond acceptors (Lipinski definition) is 6. The first-order chi connectivity index (χ1) is 10.1. The van der Waals surface area contributed by atoms with Gasteiger partial charge >= 0.3 is 5.97 Å². The van der Waals surface area contributed by atoms with Gasteiger partial charge in [0, 0.05) is 12.4 Å². The van der Waals surface area contributed by atoms with Gasteiger partial charge in [0.15, 0.2) is 12.4 Å². The second-order valence-corrected chi connectivity index (χ2v) is 5.29. The first-order valence-electron chi connectivity index (χ1n) is 6.45. The number of halogens is 1. The molecule has 0 spiro atoms. The monoisotopic (exact) mass is 360 g/mol. The zero-order valence-electron chi connectivity index (χ0n) is 11.4. The highest BCUT2D eigenvalue weighted by Gasteiger charge is 2.46. The third-order valence-electron chi connectivity index (χ3n) is 3.31. The van der Waals surface area contributed by atoms with Crippen LogP contribution in [0.5, 0.6) is 0 Å².